The predicted octanol–water partition coefficient (Wildman–Crippen LogP) is 3.90. The van der Waals surface area contributed by atoms with Gasteiger partial charge < -0.3 is 19.8 Å². The van der Waals surface area contributed by atoms with Gasteiger partial charge in [-0.3, -0.25) is 4.79 Å². The van der Waals surface area contributed by atoms with Crippen LogP contribution in [0.15, 0.2) is 60.8 Å². The molecule has 1 atom stereocenters. The second-order valence-electron chi connectivity index (χ2n) is 6.56. The van der Waals surface area contributed by atoms with Gasteiger partial charge in [-0.2, -0.15) is 0 Å². The molecule has 1 unspecified atom stereocenters. The third kappa shape index (κ3) is 4.26. The Morgan fingerprint density at radius 2 is 1.86 bits per heavy atom. The second kappa shape index (κ2) is 8.55. The third-order valence-electron chi connectivity index (χ3n) is 4.80. The molecule has 3 aromatic rings. The van der Waals surface area contributed by atoms with Gasteiger partial charge in [0.25, 0.3) is 5.91 Å². The van der Waals surface area contributed by atoms with Gasteiger partial charge in [-0.25, -0.2) is 9.55 Å². The summed E-state index contributed by atoms with van der Waals surface area (Å²) in [6.45, 7) is 3.37. The summed E-state index contributed by atoms with van der Waals surface area (Å²) in [5.41, 5.74) is 1.63. The van der Waals surface area contributed by atoms with Crippen molar-refractivity contribution in [1.29, 1.82) is 0 Å². The summed E-state index contributed by atoms with van der Waals surface area (Å²) in [5, 5.41) is 11.3. The Kier molecular flexibility index (Phi) is 5.92. The first-order valence-electron chi connectivity index (χ1n) is 9.10. The number of aromatic nitrogens is 2. The van der Waals surface area contributed by atoms with Crippen LogP contribution in [0.1, 0.15) is 24.4 Å². The summed E-state index contributed by atoms with van der Waals surface area (Å²) in [4.78, 5) is 29.7. The van der Waals surface area contributed by atoms with Crippen molar-refractivity contribution < 1.29 is 14.5 Å². The maximum absolute atomic E-state index is 13.3. The van der Waals surface area contributed by atoms with E-state index >= 15 is 0 Å². The molecule has 29 heavy (non-hydrogen) atoms. The van der Waals surface area contributed by atoms with E-state index in [1.54, 1.807) is 43.2 Å². The first-order valence-corrected chi connectivity index (χ1v) is 9.10. The number of carbonyl (C=O) groups excluding carboxylic acids is 1. The zero-order valence-electron chi connectivity index (χ0n) is 16.5. The lowest BCUT2D eigenvalue weighted by molar-refractivity contribution is -0.392. The van der Waals surface area contributed by atoms with Crippen LogP contribution < -0.4 is 9.64 Å². The van der Waals surface area contributed by atoms with Crippen LogP contribution in [0.25, 0.3) is 0 Å². The van der Waals surface area contributed by atoms with Gasteiger partial charge in [0.15, 0.2) is 12.4 Å². The Bertz CT molecular complexity index is 999. The molecule has 150 valence electrons. The highest BCUT2D eigenvalue weighted by Crippen LogP contribution is 2.29. The maximum atomic E-state index is 13.3. The fraction of sp³-hybridized carbons (Fsp3) is 0.238. The molecule has 0 spiro atoms. The molecule has 0 aliphatic rings. The Labute approximate surface area is 168 Å². The summed E-state index contributed by atoms with van der Waals surface area (Å²) in [6, 6.07) is 16.5. The van der Waals surface area contributed by atoms with Gasteiger partial charge in [0.2, 0.25) is 0 Å². The zero-order chi connectivity index (χ0) is 21.0. The molecule has 0 aliphatic carbocycles. The minimum Gasteiger partial charge on any atom is -0.497 e. The SMILES string of the molecule is COc1ccc(N(C(=O)Cn2c([N+](=O)[O-])cnc2C)C(C)c2ccccc2)cc1. The molecule has 0 radical (unpaired) electrons. The van der Waals surface area contributed by atoms with E-state index in [1.165, 1.54) is 10.8 Å². The van der Waals surface area contributed by atoms with Crippen LogP contribution >= 0.6 is 0 Å². The lowest BCUT2D eigenvalue weighted by atomic mass is 10.1. The highest BCUT2D eigenvalue weighted by Gasteiger charge is 2.28. The van der Waals surface area contributed by atoms with Gasteiger partial charge in [0, 0.05) is 12.6 Å². The van der Waals surface area contributed by atoms with Crippen LogP contribution in [-0.2, 0) is 11.3 Å². The molecule has 0 bridgehead atoms. The Morgan fingerprint density at radius 1 is 1.21 bits per heavy atom. The van der Waals surface area contributed by atoms with Crippen LogP contribution in [0.4, 0.5) is 11.5 Å². The van der Waals surface area contributed by atoms with Crippen LogP contribution in [-0.4, -0.2) is 27.5 Å². The fourth-order valence-electron chi connectivity index (χ4n) is 3.22. The van der Waals surface area contributed by atoms with Gasteiger partial charge in [-0.05, 0) is 41.7 Å². The van der Waals surface area contributed by atoms with Crippen molar-refractivity contribution in [1.82, 2.24) is 9.55 Å². The highest BCUT2D eigenvalue weighted by molar-refractivity contribution is 5.94. The minimum absolute atomic E-state index is 0.189. The molecule has 3 rings (SSSR count). The molecular weight excluding hydrogens is 372 g/mol. The number of amides is 1. The normalized spacial score (nSPS) is 11.7. The molecule has 1 heterocycles. The fourth-order valence-corrected chi connectivity index (χ4v) is 3.22. The summed E-state index contributed by atoms with van der Waals surface area (Å²) in [5.74, 6) is 0.593. The second-order valence-corrected chi connectivity index (χ2v) is 6.56. The quantitative estimate of drug-likeness (QED) is 0.448. The zero-order valence-corrected chi connectivity index (χ0v) is 16.5. The summed E-state index contributed by atoms with van der Waals surface area (Å²) in [6.07, 6.45) is 1.17. The van der Waals surface area contributed by atoms with E-state index in [1.807, 2.05) is 37.3 Å². The average Bonchev–Trinajstić information content (AvgIpc) is 3.09. The van der Waals surface area contributed by atoms with Crippen molar-refractivity contribution in [3.8, 4) is 5.75 Å². The molecule has 2 aromatic carbocycles. The van der Waals surface area contributed by atoms with Crippen LogP contribution in [0, 0.1) is 17.0 Å². The molecule has 0 saturated carbocycles. The van der Waals surface area contributed by atoms with E-state index in [0.717, 1.165) is 5.56 Å². The largest absolute Gasteiger partial charge is 0.497 e. The number of anilines is 1. The summed E-state index contributed by atoms with van der Waals surface area (Å²) < 4.78 is 6.52. The van der Waals surface area contributed by atoms with Crippen LogP contribution in [0.3, 0.4) is 0 Å². The van der Waals surface area contributed by atoms with Gasteiger partial charge in [0.1, 0.15) is 11.9 Å². The topological polar surface area (TPSA) is 90.5 Å². The molecular formula is C21H22N4O4. The van der Waals surface area contributed by atoms with Gasteiger partial charge in [-0.1, -0.05) is 30.3 Å². The number of nitro groups is 1. The van der Waals surface area contributed by atoms with E-state index in [0.29, 0.717) is 17.3 Å². The molecule has 8 nitrogen and oxygen atoms in total. The van der Waals surface area contributed by atoms with Crippen molar-refractivity contribution in [2.75, 3.05) is 12.0 Å². The number of carbonyl (C=O) groups is 1. The van der Waals surface area contributed by atoms with E-state index in [9.17, 15) is 14.9 Å². The number of ether oxygens (including phenoxy) is 1. The first-order chi connectivity index (χ1) is 13.9. The third-order valence-corrected chi connectivity index (χ3v) is 4.80. The number of hydrogen-bond donors (Lipinski definition) is 0. The lowest BCUT2D eigenvalue weighted by Gasteiger charge is -2.29. The number of benzene rings is 2. The molecule has 1 aromatic heterocycles. The number of imidazole rings is 1. The van der Waals surface area contributed by atoms with Crippen molar-refractivity contribution in [3.05, 3.63) is 82.3 Å². The molecule has 0 N–H and O–H groups in total. The maximum Gasteiger partial charge on any atom is 0.343 e. The Morgan fingerprint density at radius 3 is 2.45 bits per heavy atom. The number of rotatable bonds is 7. The van der Waals surface area contributed by atoms with E-state index < -0.39 is 4.92 Å². The van der Waals surface area contributed by atoms with Crippen LogP contribution in [0.2, 0.25) is 0 Å². The van der Waals surface area contributed by atoms with Crippen molar-refractivity contribution in [2.45, 2.75) is 26.4 Å². The summed E-state index contributed by atoms with van der Waals surface area (Å²) >= 11 is 0. The van der Waals surface area contributed by atoms with Gasteiger partial charge >= 0.3 is 5.82 Å². The standard InChI is InChI=1S/C21H22N4O4/c1-15(17-7-5-4-6-8-17)24(18-9-11-19(29-3)12-10-18)21(26)14-23-16(2)22-13-20(23)25(27)28/h4-13,15H,14H2,1-3H3. The molecule has 0 aliphatic heterocycles. The van der Waals surface area contributed by atoms with Gasteiger partial charge in [-0.15, -0.1) is 0 Å². The number of nitrogens with zero attached hydrogens (tertiary/aromatic N) is 4. The molecule has 8 heteroatoms. The van der Waals surface area contributed by atoms with Crippen molar-refractivity contribution in [3.63, 3.8) is 0 Å². The average molecular weight is 394 g/mol. The lowest BCUT2D eigenvalue weighted by Crippen LogP contribution is -2.36. The van der Waals surface area contributed by atoms with E-state index in [2.05, 4.69) is 4.98 Å². The van der Waals surface area contributed by atoms with Crippen molar-refractivity contribution in [2.24, 2.45) is 0 Å². The minimum atomic E-state index is -0.536. The first kappa shape index (κ1) is 20.1. The smallest absolute Gasteiger partial charge is 0.343 e. The monoisotopic (exact) mass is 394 g/mol. The Hall–Kier alpha value is -3.68. The van der Waals surface area contributed by atoms with Crippen LogP contribution in [0.5, 0.6) is 5.75 Å². The number of aryl methyl sites for hydroxylation is 1. The van der Waals surface area contributed by atoms with E-state index in [4.69, 9.17) is 4.74 Å². The Balaban J connectivity index is 1.99. The number of hydrogen-bond acceptors (Lipinski definition) is 5. The van der Waals surface area contributed by atoms with Crippen molar-refractivity contribution >= 4 is 17.4 Å². The number of methoxy groups -OCH3 is 1. The predicted molar refractivity (Wildman–Crippen MR) is 109 cm³/mol. The molecule has 0 fully saturated rings. The highest BCUT2D eigenvalue weighted by atomic mass is 16.6. The summed E-state index contributed by atoms with van der Waals surface area (Å²) in [7, 11) is 1.57. The van der Waals surface area contributed by atoms with Gasteiger partial charge in [0.05, 0.1) is 13.2 Å². The van der Waals surface area contributed by atoms with E-state index in [-0.39, 0.29) is 24.3 Å². The molecule has 1 amide bonds. The molecule has 0 saturated heterocycles.